The van der Waals surface area contributed by atoms with E-state index in [1.807, 2.05) is 0 Å². The predicted octanol–water partition coefficient (Wildman–Crippen LogP) is 4.08. The van der Waals surface area contributed by atoms with Crippen molar-refractivity contribution >= 4 is 27.5 Å². The molecule has 0 N–H and O–H groups in total. The van der Waals surface area contributed by atoms with Crippen LogP contribution in [0.5, 0.6) is 0 Å². The monoisotopic (exact) mass is 394 g/mol. The van der Waals surface area contributed by atoms with E-state index in [1.54, 1.807) is 29.2 Å². The molecule has 0 aliphatic carbocycles. The van der Waals surface area contributed by atoms with Gasteiger partial charge in [-0.1, -0.05) is 0 Å². The number of nitrogens with zero attached hydrogens (tertiary/aromatic N) is 2. The normalized spacial score (nSPS) is 15.3. The summed E-state index contributed by atoms with van der Waals surface area (Å²) in [5.41, 5.74) is 1.30. The van der Waals surface area contributed by atoms with Crippen molar-refractivity contribution in [3.8, 4) is 0 Å². The second kappa shape index (κ2) is 7.30. The van der Waals surface area contributed by atoms with Gasteiger partial charge in [-0.05, 0) is 64.8 Å². The third-order valence-electron chi connectivity index (χ3n) is 4.14. The van der Waals surface area contributed by atoms with Gasteiger partial charge < -0.3 is 9.80 Å². The van der Waals surface area contributed by atoms with Crippen molar-refractivity contribution in [3.05, 3.63) is 64.1 Å². The standard InChI is InChI=1S/C18H17BrF2N2O/c19-16-7-2-13(12-17(16)21)18(24)23-9-1-8-22(10-11-23)15-5-3-14(20)4-6-15/h2-7,12H,1,8-11H2. The van der Waals surface area contributed by atoms with Crippen molar-refractivity contribution < 1.29 is 13.6 Å². The molecule has 0 radical (unpaired) electrons. The van der Waals surface area contributed by atoms with Crippen LogP contribution in [0, 0.1) is 11.6 Å². The Morgan fingerprint density at radius 2 is 1.71 bits per heavy atom. The molecule has 2 aromatic carbocycles. The fraction of sp³-hybridized carbons (Fsp3) is 0.278. The lowest BCUT2D eigenvalue weighted by Crippen LogP contribution is -2.35. The zero-order valence-corrected chi connectivity index (χ0v) is 14.6. The molecule has 1 saturated heterocycles. The Labute approximate surface area is 148 Å². The van der Waals surface area contributed by atoms with Gasteiger partial charge in [0.1, 0.15) is 11.6 Å². The highest BCUT2D eigenvalue weighted by Crippen LogP contribution is 2.20. The summed E-state index contributed by atoms with van der Waals surface area (Å²) < 4.78 is 27.0. The molecule has 126 valence electrons. The van der Waals surface area contributed by atoms with Crippen molar-refractivity contribution in [1.82, 2.24) is 4.90 Å². The lowest BCUT2D eigenvalue weighted by atomic mass is 10.2. The summed E-state index contributed by atoms with van der Waals surface area (Å²) >= 11 is 3.09. The molecule has 24 heavy (non-hydrogen) atoms. The predicted molar refractivity (Wildman–Crippen MR) is 93.2 cm³/mol. The maximum Gasteiger partial charge on any atom is 0.254 e. The number of rotatable bonds is 2. The van der Waals surface area contributed by atoms with E-state index in [9.17, 15) is 13.6 Å². The summed E-state index contributed by atoms with van der Waals surface area (Å²) in [4.78, 5) is 16.5. The van der Waals surface area contributed by atoms with Gasteiger partial charge >= 0.3 is 0 Å². The van der Waals surface area contributed by atoms with E-state index < -0.39 is 5.82 Å². The molecule has 2 aromatic rings. The van der Waals surface area contributed by atoms with Crippen LogP contribution in [0.4, 0.5) is 14.5 Å². The molecule has 1 aliphatic heterocycles. The molecule has 1 amide bonds. The minimum atomic E-state index is -0.441. The molecule has 0 unspecified atom stereocenters. The Hall–Kier alpha value is -1.95. The Morgan fingerprint density at radius 1 is 0.958 bits per heavy atom. The molecule has 0 saturated carbocycles. The van der Waals surface area contributed by atoms with Gasteiger partial charge in [-0.15, -0.1) is 0 Å². The lowest BCUT2D eigenvalue weighted by Gasteiger charge is -2.23. The minimum Gasteiger partial charge on any atom is -0.370 e. The quantitative estimate of drug-likeness (QED) is 0.765. The highest BCUT2D eigenvalue weighted by Gasteiger charge is 2.21. The summed E-state index contributed by atoms with van der Waals surface area (Å²) in [6.45, 7) is 2.63. The third kappa shape index (κ3) is 3.75. The van der Waals surface area contributed by atoms with Crippen molar-refractivity contribution in [1.29, 1.82) is 0 Å². The van der Waals surface area contributed by atoms with Gasteiger partial charge in [0.25, 0.3) is 5.91 Å². The number of carbonyl (C=O) groups is 1. The second-order valence-electron chi connectivity index (χ2n) is 5.74. The second-order valence-corrected chi connectivity index (χ2v) is 6.59. The number of carbonyl (C=O) groups excluding carboxylic acids is 1. The molecule has 0 aromatic heterocycles. The number of halogens is 3. The molecule has 0 atom stereocenters. The van der Waals surface area contributed by atoms with Crippen LogP contribution >= 0.6 is 15.9 Å². The number of anilines is 1. The minimum absolute atomic E-state index is 0.164. The number of benzene rings is 2. The van der Waals surface area contributed by atoms with Gasteiger partial charge in [0.15, 0.2) is 0 Å². The largest absolute Gasteiger partial charge is 0.370 e. The summed E-state index contributed by atoms with van der Waals surface area (Å²) in [6.07, 6.45) is 0.808. The van der Waals surface area contributed by atoms with Gasteiger partial charge in [0.2, 0.25) is 0 Å². The SMILES string of the molecule is O=C(c1ccc(Br)c(F)c1)N1CCCN(c2ccc(F)cc2)CC1. The molecule has 1 heterocycles. The average molecular weight is 395 g/mol. The van der Waals surface area contributed by atoms with Crippen LogP contribution in [-0.2, 0) is 0 Å². The van der Waals surface area contributed by atoms with Crippen LogP contribution in [-0.4, -0.2) is 37.0 Å². The Balaban J connectivity index is 1.69. The fourth-order valence-corrected chi connectivity index (χ4v) is 3.09. The highest BCUT2D eigenvalue weighted by atomic mass is 79.9. The van der Waals surface area contributed by atoms with Crippen LogP contribution < -0.4 is 4.90 Å². The highest BCUT2D eigenvalue weighted by molar-refractivity contribution is 9.10. The van der Waals surface area contributed by atoms with Crippen molar-refractivity contribution in [2.24, 2.45) is 0 Å². The first-order chi connectivity index (χ1) is 11.5. The van der Waals surface area contributed by atoms with Crippen molar-refractivity contribution in [2.45, 2.75) is 6.42 Å². The topological polar surface area (TPSA) is 23.6 Å². The van der Waals surface area contributed by atoms with E-state index >= 15 is 0 Å². The van der Waals surface area contributed by atoms with E-state index in [-0.39, 0.29) is 11.7 Å². The van der Waals surface area contributed by atoms with Gasteiger partial charge in [-0.2, -0.15) is 0 Å². The lowest BCUT2D eigenvalue weighted by molar-refractivity contribution is 0.0766. The third-order valence-corrected chi connectivity index (χ3v) is 4.78. The molecular weight excluding hydrogens is 378 g/mol. The first kappa shape index (κ1) is 16.9. The van der Waals surface area contributed by atoms with Crippen LogP contribution in [0.15, 0.2) is 46.9 Å². The first-order valence-electron chi connectivity index (χ1n) is 7.79. The Kier molecular flexibility index (Phi) is 5.14. The van der Waals surface area contributed by atoms with E-state index in [0.717, 1.165) is 18.7 Å². The molecule has 6 heteroatoms. The molecule has 1 aliphatic rings. The summed E-state index contributed by atoms with van der Waals surface area (Å²) in [5.74, 6) is -0.867. The molecule has 3 rings (SSSR count). The van der Waals surface area contributed by atoms with Crippen LogP contribution in [0.25, 0.3) is 0 Å². The van der Waals surface area contributed by atoms with E-state index in [2.05, 4.69) is 20.8 Å². The summed E-state index contributed by atoms with van der Waals surface area (Å²) in [7, 11) is 0. The summed E-state index contributed by atoms with van der Waals surface area (Å²) in [6, 6.07) is 10.8. The van der Waals surface area contributed by atoms with Crippen molar-refractivity contribution in [2.75, 3.05) is 31.1 Å². The first-order valence-corrected chi connectivity index (χ1v) is 8.59. The molecule has 0 spiro atoms. The van der Waals surface area contributed by atoms with Gasteiger partial charge in [-0.25, -0.2) is 8.78 Å². The number of hydrogen-bond donors (Lipinski definition) is 0. The van der Waals surface area contributed by atoms with E-state index in [0.29, 0.717) is 29.7 Å². The van der Waals surface area contributed by atoms with Gasteiger partial charge in [0.05, 0.1) is 4.47 Å². The van der Waals surface area contributed by atoms with E-state index in [1.165, 1.54) is 18.2 Å². The Bertz CT molecular complexity index is 736. The molecular formula is C18H17BrF2N2O. The Morgan fingerprint density at radius 3 is 2.42 bits per heavy atom. The van der Waals surface area contributed by atoms with Crippen LogP contribution in [0.1, 0.15) is 16.8 Å². The maximum atomic E-state index is 13.6. The average Bonchev–Trinajstić information content (AvgIpc) is 2.83. The maximum absolute atomic E-state index is 13.6. The zero-order valence-electron chi connectivity index (χ0n) is 13.0. The zero-order chi connectivity index (χ0) is 17.1. The fourth-order valence-electron chi connectivity index (χ4n) is 2.84. The molecule has 0 bridgehead atoms. The van der Waals surface area contributed by atoms with Crippen LogP contribution in [0.2, 0.25) is 0 Å². The van der Waals surface area contributed by atoms with Gasteiger partial charge in [0, 0.05) is 37.4 Å². The molecule has 3 nitrogen and oxygen atoms in total. The number of amides is 1. The van der Waals surface area contributed by atoms with E-state index in [4.69, 9.17) is 0 Å². The smallest absolute Gasteiger partial charge is 0.254 e. The molecule has 1 fully saturated rings. The number of hydrogen-bond acceptors (Lipinski definition) is 2. The summed E-state index contributed by atoms with van der Waals surface area (Å²) in [5, 5.41) is 0. The van der Waals surface area contributed by atoms with Gasteiger partial charge in [-0.3, -0.25) is 4.79 Å². The van der Waals surface area contributed by atoms with Crippen LogP contribution in [0.3, 0.4) is 0 Å². The van der Waals surface area contributed by atoms with Crippen molar-refractivity contribution in [3.63, 3.8) is 0 Å².